The van der Waals surface area contributed by atoms with E-state index in [4.69, 9.17) is 4.74 Å². The van der Waals surface area contributed by atoms with Gasteiger partial charge in [-0.1, -0.05) is 48.5 Å². The van der Waals surface area contributed by atoms with Crippen molar-refractivity contribution in [3.05, 3.63) is 94.5 Å². The summed E-state index contributed by atoms with van der Waals surface area (Å²) in [6.07, 6.45) is 1.78. The Morgan fingerprint density at radius 2 is 1.51 bits per heavy atom. The second-order valence-electron chi connectivity index (χ2n) is 8.91. The van der Waals surface area contributed by atoms with Crippen LogP contribution in [0, 0.1) is 10.1 Å². The molecule has 4 aromatic carbocycles. The number of ether oxygens (including phenoxy) is 1. The molecule has 0 amide bonds. The monoisotopic (exact) mass is 520 g/mol. The molecule has 0 saturated carbocycles. The Balaban J connectivity index is 1.32. The molecule has 0 atom stereocenters. The number of nitro benzene ring substituents is 1. The lowest BCUT2D eigenvalue weighted by molar-refractivity contribution is -0.384. The van der Waals surface area contributed by atoms with Crippen molar-refractivity contribution in [1.82, 2.24) is 15.0 Å². The Labute approximate surface area is 223 Å². The number of hydrazone groups is 1. The van der Waals surface area contributed by atoms with Gasteiger partial charge in [-0.15, -0.1) is 0 Å². The highest BCUT2D eigenvalue weighted by Crippen LogP contribution is 2.27. The number of rotatable bonds is 7. The van der Waals surface area contributed by atoms with Crippen LogP contribution in [0.4, 0.5) is 29.2 Å². The number of aromatic nitrogens is 3. The Morgan fingerprint density at radius 1 is 0.872 bits per heavy atom. The van der Waals surface area contributed by atoms with E-state index < -0.39 is 4.92 Å². The molecule has 1 aromatic heterocycles. The molecule has 1 saturated heterocycles. The number of nitro groups is 1. The number of non-ortho nitro benzene ring substituents is 1. The summed E-state index contributed by atoms with van der Waals surface area (Å²) in [5, 5.41) is 23.0. The van der Waals surface area contributed by atoms with Gasteiger partial charge < -0.3 is 15.0 Å². The Hall–Kier alpha value is -5.16. The third-order valence-corrected chi connectivity index (χ3v) is 6.42. The largest absolute Gasteiger partial charge is 0.378 e. The van der Waals surface area contributed by atoms with Gasteiger partial charge in [-0.25, -0.2) is 5.43 Å². The van der Waals surface area contributed by atoms with Crippen molar-refractivity contribution >= 4 is 57.0 Å². The zero-order valence-electron chi connectivity index (χ0n) is 20.8. The molecule has 0 radical (unpaired) electrons. The molecule has 2 heterocycles. The standard InChI is InChI=1S/C28H24N8O3/c37-36(38)22-11-9-21(10-12-22)30-26-31-27(33-28(32-26)35-13-15-39-16-14-35)34-29-18-25-23-7-3-1-5-19(23)17-20-6-2-4-8-24(20)25/h1-12,17-18H,13-16H2,(H2,30,31,32,33,34). The summed E-state index contributed by atoms with van der Waals surface area (Å²) in [4.78, 5) is 26.2. The Morgan fingerprint density at radius 3 is 2.18 bits per heavy atom. The first kappa shape index (κ1) is 24.2. The summed E-state index contributed by atoms with van der Waals surface area (Å²) in [7, 11) is 0. The van der Waals surface area contributed by atoms with E-state index >= 15 is 0 Å². The van der Waals surface area contributed by atoms with E-state index in [2.05, 4.69) is 61.1 Å². The van der Waals surface area contributed by atoms with Gasteiger partial charge in [0.1, 0.15) is 0 Å². The lowest BCUT2D eigenvalue weighted by Crippen LogP contribution is -2.37. The van der Waals surface area contributed by atoms with Gasteiger partial charge in [0.05, 0.1) is 24.4 Å². The second kappa shape index (κ2) is 10.7. The predicted octanol–water partition coefficient (Wildman–Crippen LogP) is 5.11. The molecule has 1 aliphatic rings. The minimum atomic E-state index is -0.442. The van der Waals surface area contributed by atoms with Gasteiger partial charge in [-0.3, -0.25) is 10.1 Å². The van der Waals surface area contributed by atoms with Crippen LogP contribution < -0.4 is 15.6 Å². The van der Waals surface area contributed by atoms with Crippen LogP contribution in [0.25, 0.3) is 21.5 Å². The molecule has 0 spiro atoms. The first-order chi connectivity index (χ1) is 19.1. The quantitative estimate of drug-likeness (QED) is 0.130. The Bertz CT molecular complexity index is 1630. The van der Waals surface area contributed by atoms with Gasteiger partial charge in [-0.05, 0) is 39.7 Å². The van der Waals surface area contributed by atoms with Gasteiger partial charge in [-0.2, -0.15) is 20.1 Å². The van der Waals surface area contributed by atoms with Crippen LogP contribution in [0.3, 0.4) is 0 Å². The lowest BCUT2D eigenvalue weighted by atomic mass is 9.97. The summed E-state index contributed by atoms with van der Waals surface area (Å²) in [5.41, 5.74) is 4.57. The molecule has 1 fully saturated rings. The summed E-state index contributed by atoms with van der Waals surface area (Å²) < 4.78 is 5.47. The highest BCUT2D eigenvalue weighted by Gasteiger charge is 2.17. The number of morpholine rings is 1. The van der Waals surface area contributed by atoms with Crippen LogP contribution in [-0.2, 0) is 4.74 Å². The maximum atomic E-state index is 11.0. The number of benzene rings is 4. The average Bonchev–Trinajstić information content (AvgIpc) is 2.97. The number of hydrogen-bond acceptors (Lipinski definition) is 10. The molecule has 0 unspecified atom stereocenters. The molecular weight excluding hydrogens is 496 g/mol. The van der Waals surface area contributed by atoms with Gasteiger partial charge in [0, 0.05) is 36.5 Å². The fourth-order valence-corrected chi connectivity index (χ4v) is 4.51. The normalized spacial score (nSPS) is 13.7. The van der Waals surface area contributed by atoms with Crippen molar-refractivity contribution in [1.29, 1.82) is 0 Å². The third kappa shape index (κ3) is 5.29. The molecule has 11 heteroatoms. The molecule has 6 rings (SSSR count). The number of fused-ring (bicyclic) bond motifs is 2. The van der Waals surface area contributed by atoms with E-state index in [0.717, 1.165) is 27.1 Å². The van der Waals surface area contributed by atoms with E-state index in [1.54, 1.807) is 18.3 Å². The van der Waals surface area contributed by atoms with Crippen LogP contribution >= 0.6 is 0 Å². The highest BCUT2D eigenvalue weighted by molar-refractivity contribution is 6.13. The van der Waals surface area contributed by atoms with Crippen LogP contribution in [0.5, 0.6) is 0 Å². The summed E-state index contributed by atoms with van der Waals surface area (Å²) in [6.45, 7) is 2.44. The zero-order chi connectivity index (χ0) is 26.6. The van der Waals surface area contributed by atoms with Crippen molar-refractivity contribution in [3.8, 4) is 0 Å². The van der Waals surface area contributed by atoms with Crippen LogP contribution in [0.2, 0.25) is 0 Å². The third-order valence-electron chi connectivity index (χ3n) is 6.42. The first-order valence-electron chi connectivity index (χ1n) is 12.4. The van der Waals surface area contributed by atoms with Crippen molar-refractivity contribution in [2.24, 2.45) is 5.10 Å². The van der Waals surface area contributed by atoms with Gasteiger partial charge in [0.15, 0.2) is 0 Å². The maximum absolute atomic E-state index is 11.0. The highest BCUT2D eigenvalue weighted by atomic mass is 16.6. The summed E-state index contributed by atoms with van der Waals surface area (Å²) >= 11 is 0. The fourth-order valence-electron chi connectivity index (χ4n) is 4.51. The minimum Gasteiger partial charge on any atom is -0.378 e. The number of anilines is 4. The topological polar surface area (TPSA) is 131 Å². The van der Waals surface area contributed by atoms with E-state index in [1.165, 1.54) is 12.1 Å². The zero-order valence-corrected chi connectivity index (χ0v) is 20.8. The van der Waals surface area contributed by atoms with E-state index in [9.17, 15) is 10.1 Å². The second-order valence-corrected chi connectivity index (χ2v) is 8.91. The summed E-state index contributed by atoms with van der Waals surface area (Å²) in [6, 6.07) is 24.6. The van der Waals surface area contributed by atoms with E-state index in [1.807, 2.05) is 29.2 Å². The van der Waals surface area contributed by atoms with E-state index in [0.29, 0.717) is 37.9 Å². The van der Waals surface area contributed by atoms with Crippen molar-refractivity contribution < 1.29 is 9.66 Å². The smallest absolute Gasteiger partial charge is 0.269 e. The Kier molecular flexibility index (Phi) is 6.62. The maximum Gasteiger partial charge on any atom is 0.269 e. The van der Waals surface area contributed by atoms with Gasteiger partial charge in [0.25, 0.3) is 5.69 Å². The van der Waals surface area contributed by atoms with Crippen molar-refractivity contribution in [2.45, 2.75) is 0 Å². The molecule has 2 N–H and O–H groups in total. The molecule has 11 nitrogen and oxygen atoms in total. The van der Waals surface area contributed by atoms with Gasteiger partial charge in [0.2, 0.25) is 17.8 Å². The molecule has 39 heavy (non-hydrogen) atoms. The SMILES string of the molecule is O=[N+]([O-])c1ccc(Nc2nc(NN=Cc3c4ccccc4cc4ccccc34)nc(N3CCOCC3)n2)cc1. The lowest BCUT2D eigenvalue weighted by Gasteiger charge is -2.27. The fraction of sp³-hybridized carbons (Fsp3) is 0.143. The molecule has 194 valence electrons. The van der Waals surface area contributed by atoms with Crippen molar-refractivity contribution in [3.63, 3.8) is 0 Å². The van der Waals surface area contributed by atoms with Crippen LogP contribution in [0.15, 0.2) is 84.0 Å². The number of nitrogens with one attached hydrogen (secondary N) is 2. The van der Waals surface area contributed by atoms with Crippen LogP contribution in [0.1, 0.15) is 5.56 Å². The molecule has 1 aliphatic heterocycles. The average molecular weight is 521 g/mol. The minimum absolute atomic E-state index is 0.00264. The predicted molar refractivity (Wildman–Crippen MR) is 152 cm³/mol. The molecule has 5 aromatic rings. The van der Waals surface area contributed by atoms with Crippen molar-refractivity contribution in [2.75, 3.05) is 41.9 Å². The van der Waals surface area contributed by atoms with Gasteiger partial charge >= 0.3 is 0 Å². The number of nitrogens with zero attached hydrogens (tertiary/aromatic N) is 6. The molecule has 0 aliphatic carbocycles. The first-order valence-corrected chi connectivity index (χ1v) is 12.4. The molecule has 0 bridgehead atoms. The summed E-state index contributed by atoms with van der Waals surface area (Å²) in [5.74, 6) is 1.02. The van der Waals surface area contributed by atoms with Crippen LogP contribution in [-0.4, -0.2) is 52.4 Å². The molecular formula is C28H24N8O3. The number of hydrogen-bond donors (Lipinski definition) is 2. The van der Waals surface area contributed by atoms with E-state index in [-0.39, 0.29) is 17.6 Å².